The second kappa shape index (κ2) is 5.26. The van der Waals surface area contributed by atoms with Crippen molar-refractivity contribution in [1.29, 1.82) is 0 Å². The van der Waals surface area contributed by atoms with Gasteiger partial charge >= 0.3 is 0 Å². The van der Waals surface area contributed by atoms with E-state index in [9.17, 15) is 5.11 Å². The molecule has 6 atom stereocenters. The summed E-state index contributed by atoms with van der Waals surface area (Å²) < 4.78 is 6.40. The zero-order chi connectivity index (χ0) is 16.4. The average molecular weight is 325 g/mol. The number of hydrogen-bond donors (Lipinski definition) is 1. The fourth-order valence-corrected chi connectivity index (χ4v) is 6.04. The van der Waals surface area contributed by atoms with Gasteiger partial charge in [0.05, 0.1) is 0 Å². The molecule has 0 amide bonds. The van der Waals surface area contributed by atoms with Gasteiger partial charge in [0.25, 0.3) is 0 Å². The Morgan fingerprint density at radius 3 is 3.00 bits per heavy atom. The molecule has 2 saturated heterocycles. The van der Waals surface area contributed by atoms with Gasteiger partial charge in [-0.05, 0) is 62.6 Å². The van der Waals surface area contributed by atoms with Gasteiger partial charge in [0, 0.05) is 35.5 Å². The molecule has 1 saturated carbocycles. The molecule has 1 aromatic heterocycles. The number of rotatable bonds is 2. The minimum absolute atomic E-state index is 0.344. The lowest BCUT2D eigenvalue weighted by Gasteiger charge is -2.54. The summed E-state index contributed by atoms with van der Waals surface area (Å²) in [6.07, 6.45) is 6.37. The molecule has 24 heavy (non-hydrogen) atoms. The van der Waals surface area contributed by atoms with Crippen molar-refractivity contribution in [3.63, 3.8) is 0 Å². The van der Waals surface area contributed by atoms with E-state index in [4.69, 9.17) is 4.42 Å². The van der Waals surface area contributed by atoms with Gasteiger partial charge in [0.1, 0.15) is 17.1 Å². The van der Waals surface area contributed by atoms with Crippen molar-refractivity contribution in [2.75, 3.05) is 6.54 Å². The monoisotopic (exact) mass is 325 g/mol. The van der Waals surface area contributed by atoms with Crippen molar-refractivity contribution in [3.05, 3.63) is 29.5 Å². The molecule has 3 nitrogen and oxygen atoms in total. The average Bonchev–Trinajstić information content (AvgIpc) is 2.89. The molecule has 1 aliphatic carbocycles. The summed E-state index contributed by atoms with van der Waals surface area (Å²) in [5.74, 6) is 3.77. The highest BCUT2D eigenvalue weighted by Crippen LogP contribution is 2.53. The van der Waals surface area contributed by atoms with E-state index < -0.39 is 0 Å². The summed E-state index contributed by atoms with van der Waals surface area (Å²) in [5, 5.41) is 11.1. The van der Waals surface area contributed by atoms with Crippen molar-refractivity contribution in [3.8, 4) is 5.75 Å². The van der Waals surface area contributed by atoms with Gasteiger partial charge in [-0.3, -0.25) is 4.90 Å². The van der Waals surface area contributed by atoms with E-state index in [1.54, 1.807) is 6.07 Å². The highest BCUT2D eigenvalue weighted by atomic mass is 16.3. The predicted molar refractivity (Wildman–Crippen MR) is 95.4 cm³/mol. The zero-order valence-corrected chi connectivity index (χ0v) is 14.7. The van der Waals surface area contributed by atoms with Gasteiger partial charge in [0.2, 0.25) is 0 Å². The third kappa shape index (κ3) is 2.00. The van der Waals surface area contributed by atoms with Crippen LogP contribution in [0.15, 0.2) is 22.6 Å². The SMILES string of the molecule is CCCC1CC2CC3c4oc5ccc(O)cc5c4CC(C)N(C2)C13. The zero-order valence-electron chi connectivity index (χ0n) is 14.7. The largest absolute Gasteiger partial charge is 0.508 e. The minimum atomic E-state index is 0.344. The number of furan rings is 1. The number of phenols is 1. The highest BCUT2D eigenvalue weighted by molar-refractivity contribution is 5.84. The molecule has 4 bridgehead atoms. The molecule has 3 aliphatic heterocycles. The maximum atomic E-state index is 9.94. The Morgan fingerprint density at radius 2 is 2.17 bits per heavy atom. The summed E-state index contributed by atoms with van der Waals surface area (Å²) in [7, 11) is 0. The standard InChI is InChI=1S/C21H27NO2/c1-3-4-14-8-13-9-18-20(14)22(11-13)12(2)7-17-16-10-15(23)5-6-19(16)24-21(17)18/h5-6,10,12-14,18,20,23H,3-4,7-9,11H2,1-2H3. The van der Waals surface area contributed by atoms with E-state index in [-0.39, 0.29) is 0 Å². The van der Waals surface area contributed by atoms with Crippen LogP contribution in [0.25, 0.3) is 11.0 Å². The fourth-order valence-electron chi connectivity index (χ4n) is 6.04. The van der Waals surface area contributed by atoms with Crippen molar-refractivity contribution in [1.82, 2.24) is 4.90 Å². The van der Waals surface area contributed by atoms with E-state index in [1.165, 1.54) is 43.6 Å². The van der Waals surface area contributed by atoms with Crippen LogP contribution in [-0.4, -0.2) is 28.6 Å². The summed E-state index contributed by atoms with van der Waals surface area (Å²) in [6, 6.07) is 6.79. The molecule has 6 rings (SSSR count). The first kappa shape index (κ1) is 14.8. The van der Waals surface area contributed by atoms with Crippen LogP contribution in [0, 0.1) is 11.8 Å². The molecule has 3 heteroatoms. The molecule has 0 radical (unpaired) electrons. The van der Waals surface area contributed by atoms with Gasteiger partial charge in [0.15, 0.2) is 0 Å². The molecule has 4 aliphatic rings. The first-order chi connectivity index (χ1) is 11.7. The summed E-state index contributed by atoms with van der Waals surface area (Å²) in [4.78, 5) is 2.80. The van der Waals surface area contributed by atoms with E-state index >= 15 is 0 Å². The van der Waals surface area contributed by atoms with Crippen LogP contribution in [0.4, 0.5) is 0 Å². The molecular formula is C21H27NO2. The van der Waals surface area contributed by atoms with E-state index in [1.807, 2.05) is 12.1 Å². The predicted octanol–water partition coefficient (Wildman–Crippen LogP) is 4.68. The van der Waals surface area contributed by atoms with Gasteiger partial charge in [-0.15, -0.1) is 0 Å². The third-order valence-electron chi connectivity index (χ3n) is 6.84. The van der Waals surface area contributed by atoms with Crippen LogP contribution in [0.3, 0.4) is 0 Å². The minimum Gasteiger partial charge on any atom is -0.508 e. The summed E-state index contributed by atoms with van der Waals surface area (Å²) in [5.41, 5.74) is 2.32. The molecular weight excluding hydrogens is 298 g/mol. The molecule has 0 spiro atoms. The second-order valence-electron chi connectivity index (χ2n) is 8.36. The lowest BCUT2D eigenvalue weighted by atomic mass is 9.65. The highest BCUT2D eigenvalue weighted by Gasteiger charge is 2.51. The van der Waals surface area contributed by atoms with Crippen LogP contribution in [0.5, 0.6) is 5.75 Å². The van der Waals surface area contributed by atoms with E-state index in [0.717, 1.165) is 29.2 Å². The normalized spacial score (nSPS) is 37.4. The number of benzene rings is 1. The van der Waals surface area contributed by atoms with Gasteiger partial charge in [-0.1, -0.05) is 13.3 Å². The molecule has 4 heterocycles. The number of phenolic OH excluding ortho intramolecular Hbond substituents is 1. The Labute approximate surface area is 143 Å². The Bertz CT molecular complexity index is 779. The Morgan fingerprint density at radius 1 is 1.29 bits per heavy atom. The first-order valence-corrected chi connectivity index (χ1v) is 9.65. The second-order valence-corrected chi connectivity index (χ2v) is 8.36. The van der Waals surface area contributed by atoms with E-state index in [0.29, 0.717) is 23.8 Å². The van der Waals surface area contributed by atoms with Crippen molar-refractivity contribution >= 4 is 11.0 Å². The smallest absolute Gasteiger partial charge is 0.134 e. The topological polar surface area (TPSA) is 36.6 Å². The fraction of sp³-hybridized carbons (Fsp3) is 0.619. The number of aromatic hydroxyl groups is 1. The number of fused-ring (bicyclic) bond motifs is 4. The van der Waals surface area contributed by atoms with E-state index in [2.05, 4.69) is 18.7 Å². The van der Waals surface area contributed by atoms with Gasteiger partial charge in [-0.25, -0.2) is 0 Å². The molecule has 3 fully saturated rings. The van der Waals surface area contributed by atoms with Crippen LogP contribution in [0.2, 0.25) is 0 Å². The molecule has 128 valence electrons. The molecule has 1 aromatic carbocycles. The molecule has 1 N–H and O–H groups in total. The quantitative estimate of drug-likeness (QED) is 0.871. The number of piperidine rings is 2. The summed E-state index contributed by atoms with van der Waals surface area (Å²) >= 11 is 0. The van der Waals surface area contributed by atoms with Crippen LogP contribution >= 0.6 is 0 Å². The Hall–Kier alpha value is -1.48. The van der Waals surface area contributed by atoms with Crippen LogP contribution in [-0.2, 0) is 6.42 Å². The number of hydrogen-bond acceptors (Lipinski definition) is 3. The van der Waals surface area contributed by atoms with Gasteiger partial charge in [-0.2, -0.15) is 0 Å². The maximum Gasteiger partial charge on any atom is 0.134 e. The first-order valence-electron chi connectivity index (χ1n) is 9.65. The summed E-state index contributed by atoms with van der Waals surface area (Å²) in [6.45, 7) is 5.98. The van der Waals surface area contributed by atoms with Crippen LogP contribution < -0.4 is 0 Å². The maximum absolute atomic E-state index is 9.94. The number of nitrogens with zero attached hydrogens (tertiary/aromatic N) is 1. The van der Waals surface area contributed by atoms with Crippen LogP contribution in [0.1, 0.15) is 56.8 Å². The third-order valence-corrected chi connectivity index (χ3v) is 6.84. The van der Waals surface area contributed by atoms with Crippen molar-refractivity contribution < 1.29 is 9.52 Å². The van der Waals surface area contributed by atoms with Crippen molar-refractivity contribution in [2.45, 2.75) is 64.0 Å². The van der Waals surface area contributed by atoms with Crippen molar-refractivity contribution in [2.24, 2.45) is 11.8 Å². The van der Waals surface area contributed by atoms with Gasteiger partial charge < -0.3 is 9.52 Å². The lowest BCUT2D eigenvalue weighted by molar-refractivity contribution is -0.0400. The molecule has 6 unspecified atom stereocenters. The Balaban J connectivity index is 1.67. The Kier molecular flexibility index (Phi) is 3.25. The molecule has 2 aromatic rings. The lowest BCUT2D eigenvalue weighted by Crippen LogP contribution is -2.58.